The van der Waals surface area contributed by atoms with Crippen LogP contribution in [0.1, 0.15) is 32.6 Å². The van der Waals surface area contributed by atoms with E-state index in [4.69, 9.17) is 4.74 Å². The minimum Gasteiger partial charge on any atom is -0.450 e. The molecule has 3 fully saturated rings. The van der Waals surface area contributed by atoms with Crippen molar-refractivity contribution in [1.29, 1.82) is 0 Å². The standard InChI is InChI=1S/C14H22N2O3/c1-2-3-19-14(18)15-12-5-9(6-12)13(17)16-7-10-4-11(10)8-16/h9-12H,2-8H2,1H3,(H,15,18)/t9-,10-,11?,12+/m1/s1. The molecule has 5 nitrogen and oxygen atoms in total. The van der Waals surface area contributed by atoms with Gasteiger partial charge in [0, 0.05) is 25.0 Å². The molecule has 0 aromatic rings. The third-order valence-electron chi connectivity index (χ3n) is 4.54. The summed E-state index contributed by atoms with van der Waals surface area (Å²) in [5, 5.41) is 2.81. The van der Waals surface area contributed by atoms with E-state index in [2.05, 4.69) is 5.32 Å². The zero-order chi connectivity index (χ0) is 13.4. The number of rotatable bonds is 4. The van der Waals surface area contributed by atoms with Crippen LogP contribution in [-0.4, -0.2) is 42.6 Å². The Morgan fingerprint density at radius 2 is 1.89 bits per heavy atom. The number of nitrogens with one attached hydrogen (secondary N) is 1. The maximum atomic E-state index is 12.2. The minimum atomic E-state index is -0.347. The van der Waals surface area contributed by atoms with Crippen LogP contribution >= 0.6 is 0 Å². The molecule has 1 aliphatic heterocycles. The van der Waals surface area contributed by atoms with Gasteiger partial charge in [-0.05, 0) is 37.5 Å². The van der Waals surface area contributed by atoms with E-state index < -0.39 is 0 Å². The van der Waals surface area contributed by atoms with Gasteiger partial charge in [-0.2, -0.15) is 0 Å². The highest BCUT2D eigenvalue weighted by molar-refractivity contribution is 5.81. The predicted octanol–water partition coefficient (Wildman–Crippen LogP) is 1.38. The Kier molecular flexibility index (Phi) is 3.37. The molecule has 2 amide bonds. The monoisotopic (exact) mass is 266 g/mol. The molecule has 2 aliphatic carbocycles. The number of amides is 2. The van der Waals surface area contributed by atoms with E-state index in [0.717, 1.165) is 44.2 Å². The Labute approximate surface area is 113 Å². The third kappa shape index (κ3) is 2.69. The van der Waals surface area contributed by atoms with Crippen LogP contribution < -0.4 is 5.32 Å². The van der Waals surface area contributed by atoms with Crippen LogP contribution in [0, 0.1) is 17.8 Å². The summed E-state index contributed by atoms with van der Waals surface area (Å²) in [6.45, 7) is 4.36. The Hall–Kier alpha value is -1.26. The van der Waals surface area contributed by atoms with Crippen LogP contribution in [-0.2, 0) is 9.53 Å². The highest BCUT2D eigenvalue weighted by Crippen LogP contribution is 2.46. The van der Waals surface area contributed by atoms with E-state index in [0.29, 0.717) is 12.5 Å². The first kappa shape index (κ1) is 12.8. The van der Waals surface area contributed by atoms with Gasteiger partial charge in [-0.15, -0.1) is 0 Å². The highest BCUT2D eigenvalue weighted by atomic mass is 16.5. The molecule has 2 atom stereocenters. The molecule has 0 radical (unpaired) electrons. The van der Waals surface area contributed by atoms with Crippen molar-refractivity contribution >= 4 is 12.0 Å². The largest absolute Gasteiger partial charge is 0.450 e. The van der Waals surface area contributed by atoms with Crippen molar-refractivity contribution < 1.29 is 14.3 Å². The van der Waals surface area contributed by atoms with Crippen molar-refractivity contribution in [3.05, 3.63) is 0 Å². The van der Waals surface area contributed by atoms with Gasteiger partial charge in [-0.3, -0.25) is 4.79 Å². The number of carbonyl (C=O) groups excluding carboxylic acids is 2. The average Bonchev–Trinajstić information content (AvgIpc) is 2.96. The number of hydrogen-bond donors (Lipinski definition) is 1. The zero-order valence-electron chi connectivity index (χ0n) is 11.4. The average molecular weight is 266 g/mol. The molecule has 0 aromatic heterocycles. The molecular formula is C14H22N2O3. The lowest BCUT2D eigenvalue weighted by atomic mass is 9.79. The van der Waals surface area contributed by atoms with Crippen molar-refractivity contribution in [3.8, 4) is 0 Å². The predicted molar refractivity (Wildman–Crippen MR) is 69.5 cm³/mol. The molecule has 3 aliphatic rings. The topological polar surface area (TPSA) is 58.6 Å². The molecule has 2 saturated carbocycles. The quantitative estimate of drug-likeness (QED) is 0.836. The second-order valence-electron chi connectivity index (χ2n) is 6.14. The van der Waals surface area contributed by atoms with Crippen molar-refractivity contribution in [2.45, 2.75) is 38.6 Å². The van der Waals surface area contributed by atoms with Gasteiger partial charge in [0.05, 0.1) is 6.61 Å². The normalized spacial score (nSPS) is 35.3. The van der Waals surface area contributed by atoms with Gasteiger partial charge in [0.1, 0.15) is 0 Å². The Morgan fingerprint density at radius 3 is 2.53 bits per heavy atom. The summed E-state index contributed by atoms with van der Waals surface area (Å²) < 4.78 is 4.97. The summed E-state index contributed by atoms with van der Waals surface area (Å²) in [6.07, 6.45) is 3.34. The first-order valence-electron chi connectivity index (χ1n) is 7.39. The summed E-state index contributed by atoms with van der Waals surface area (Å²) in [4.78, 5) is 25.6. The first-order chi connectivity index (χ1) is 9.17. The van der Waals surface area contributed by atoms with Crippen molar-refractivity contribution in [2.24, 2.45) is 17.8 Å². The number of alkyl carbamates (subject to hydrolysis) is 1. The molecule has 106 valence electrons. The van der Waals surface area contributed by atoms with E-state index in [1.165, 1.54) is 6.42 Å². The number of hydrogen-bond acceptors (Lipinski definition) is 3. The number of piperidine rings is 1. The molecule has 1 N–H and O–H groups in total. The second-order valence-corrected chi connectivity index (χ2v) is 6.14. The molecule has 0 spiro atoms. The van der Waals surface area contributed by atoms with Crippen LogP contribution in [0.2, 0.25) is 0 Å². The van der Waals surface area contributed by atoms with Gasteiger partial charge in [0.2, 0.25) is 5.91 Å². The summed E-state index contributed by atoms with van der Waals surface area (Å²) >= 11 is 0. The van der Waals surface area contributed by atoms with E-state index in [9.17, 15) is 9.59 Å². The van der Waals surface area contributed by atoms with E-state index in [1.54, 1.807) is 0 Å². The molecule has 3 rings (SSSR count). The van der Waals surface area contributed by atoms with E-state index in [-0.39, 0.29) is 18.1 Å². The zero-order valence-corrected chi connectivity index (χ0v) is 11.4. The molecule has 19 heavy (non-hydrogen) atoms. The van der Waals surface area contributed by atoms with E-state index >= 15 is 0 Å². The lowest BCUT2D eigenvalue weighted by Gasteiger charge is -2.36. The summed E-state index contributed by atoms with van der Waals surface area (Å²) in [5.74, 6) is 2.00. The fourth-order valence-corrected chi connectivity index (χ4v) is 3.18. The molecule has 1 saturated heterocycles. The van der Waals surface area contributed by atoms with Crippen LogP contribution in [0.25, 0.3) is 0 Å². The van der Waals surface area contributed by atoms with Crippen molar-refractivity contribution in [3.63, 3.8) is 0 Å². The van der Waals surface area contributed by atoms with Gasteiger partial charge >= 0.3 is 6.09 Å². The third-order valence-corrected chi connectivity index (χ3v) is 4.54. The lowest BCUT2D eigenvalue weighted by Crippen LogP contribution is -2.50. The smallest absolute Gasteiger partial charge is 0.407 e. The molecule has 1 unspecified atom stereocenters. The Morgan fingerprint density at radius 1 is 1.21 bits per heavy atom. The summed E-state index contributed by atoms with van der Waals surface area (Å²) in [6, 6.07) is 0.121. The van der Waals surface area contributed by atoms with Gasteiger partial charge in [0.25, 0.3) is 0 Å². The van der Waals surface area contributed by atoms with Crippen molar-refractivity contribution in [2.75, 3.05) is 19.7 Å². The van der Waals surface area contributed by atoms with Crippen LogP contribution in [0.5, 0.6) is 0 Å². The Bertz CT molecular complexity index is 369. The SMILES string of the molecule is CCCOC(=O)N[C@H]1C[C@@H](C(=O)N2CC3C[C@@H]3C2)C1. The summed E-state index contributed by atoms with van der Waals surface area (Å²) in [5.41, 5.74) is 0. The fraction of sp³-hybridized carbons (Fsp3) is 0.857. The lowest BCUT2D eigenvalue weighted by molar-refractivity contribution is -0.138. The number of carbonyl (C=O) groups is 2. The number of likely N-dealkylation sites (tertiary alicyclic amines) is 1. The van der Waals surface area contributed by atoms with Gasteiger partial charge in [0.15, 0.2) is 0 Å². The highest BCUT2D eigenvalue weighted by Gasteiger charge is 2.48. The molecule has 5 heteroatoms. The van der Waals surface area contributed by atoms with Gasteiger partial charge < -0.3 is 15.0 Å². The Balaban J connectivity index is 1.35. The van der Waals surface area contributed by atoms with Crippen LogP contribution in [0.4, 0.5) is 4.79 Å². The first-order valence-corrected chi connectivity index (χ1v) is 7.39. The van der Waals surface area contributed by atoms with Crippen molar-refractivity contribution in [1.82, 2.24) is 10.2 Å². The number of ether oxygens (including phenoxy) is 1. The second kappa shape index (κ2) is 5.02. The minimum absolute atomic E-state index is 0.119. The van der Waals surface area contributed by atoms with Crippen LogP contribution in [0.15, 0.2) is 0 Å². The molecule has 0 bridgehead atoms. The van der Waals surface area contributed by atoms with Gasteiger partial charge in [-0.25, -0.2) is 4.79 Å². The van der Waals surface area contributed by atoms with Gasteiger partial charge in [-0.1, -0.05) is 6.92 Å². The fourth-order valence-electron chi connectivity index (χ4n) is 3.18. The molecular weight excluding hydrogens is 244 g/mol. The molecule has 1 heterocycles. The maximum absolute atomic E-state index is 12.2. The maximum Gasteiger partial charge on any atom is 0.407 e. The number of fused-ring (bicyclic) bond motifs is 1. The van der Waals surface area contributed by atoms with E-state index in [1.807, 2.05) is 11.8 Å². The number of nitrogens with zero attached hydrogens (tertiary/aromatic N) is 1. The molecule has 0 aromatic carbocycles. The van der Waals surface area contributed by atoms with Crippen LogP contribution in [0.3, 0.4) is 0 Å². The summed E-state index contributed by atoms with van der Waals surface area (Å²) in [7, 11) is 0.